The first-order valence-corrected chi connectivity index (χ1v) is 27.2. The van der Waals surface area contributed by atoms with Crippen LogP contribution in [0.15, 0.2) is 35.2 Å². The molecule has 20 nitrogen and oxygen atoms in total. The van der Waals surface area contributed by atoms with Crippen LogP contribution in [0.1, 0.15) is 57.1 Å². The fourth-order valence-electron chi connectivity index (χ4n) is 7.71. The SMILES string of the molecule is C[N-]CC(/C=N\NC1CCC(COCPC)O1)=C\[N-]Cl.O=C(CCOCCOCCCCCOCCn1cc(COCCOCCOCCOCCN2CCCC3(CNC3)C2)nn1)Oc1c(F)cc(F)cc1F.[Y]. The first kappa shape index (κ1) is 66.3. The summed E-state index contributed by atoms with van der Waals surface area (Å²) in [6.07, 6.45) is 13.0. The van der Waals surface area contributed by atoms with Gasteiger partial charge in [0, 0.05) is 95.9 Å². The molecule has 2 N–H and O–H groups in total. The van der Waals surface area contributed by atoms with Crippen molar-refractivity contribution in [1.82, 2.24) is 30.6 Å². The summed E-state index contributed by atoms with van der Waals surface area (Å²) in [6.45, 7) is 16.2. The fraction of sp³-hybridized carbons (Fsp3) is 0.750. The van der Waals surface area contributed by atoms with Crippen molar-refractivity contribution < 1.29 is 98.0 Å². The molecule has 419 valence electrons. The summed E-state index contributed by atoms with van der Waals surface area (Å²) >= 11 is 5.30. The van der Waals surface area contributed by atoms with E-state index in [0.29, 0.717) is 110 Å². The van der Waals surface area contributed by atoms with Gasteiger partial charge in [0.15, 0.2) is 11.6 Å². The number of nitrogens with one attached hydrogen (secondary N) is 2. The smallest absolute Gasteiger partial charge is 0.313 e. The number of likely N-dealkylation sites (N-methyl/N-ethyl adjacent to an activating group) is 1. The number of hydrogen-bond acceptors (Lipinski definition) is 17. The van der Waals surface area contributed by atoms with Gasteiger partial charge in [-0.25, -0.2) is 29.6 Å². The number of piperidine rings is 1. The number of ether oxygens (including phenoxy) is 10. The predicted molar refractivity (Wildman–Crippen MR) is 272 cm³/mol. The summed E-state index contributed by atoms with van der Waals surface area (Å²) in [6, 6.07) is 0.877. The Bertz CT molecular complexity index is 1820. The first-order valence-electron chi connectivity index (χ1n) is 25.2. The van der Waals surface area contributed by atoms with E-state index in [9.17, 15) is 18.0 Å². The molecule has 0 aliphatic carbocycles. The van der Waals surface area contributed by atoms with Gasteiger partial charge in [0.25, 0.3) is 0 Å². The Balaban J connectivity index is 0.000000577. The summed E-state index contributed by atoms with van der Waals surface area (Å²) in [7, 11) is 2.55. The predicted octanol–water partition coefficient (Wildman–Crippen LogP) is 5.92. The van der Waals surface area contributed by atoms with Crippen molar-refractivity contribution in [1.29, 1.82) is 0 Å². The number of halogens is 4. The maximum absolute atomic E-state index is 13.5. The second kappa shape index (κ2) is 42.0. The van der Waals surface area contributed by atoms with E-state index in [-0.39, 0.29) is 64.7 Å². The van der Waals surface area contributed by atoms with Crippen molar-refractivity contribution in [3.63, 3.8) is 0 Å². The van der Waals surface area contributed by atoms with Gasteiger partial charge >= 0.3 is 5.97 Å². The van der Waals surface area contributed by atoms with Crippen molar-refractivity contribution in [2.45, 2.75) is 76.9 Å². The number of hydrogen-bond donors (Lipinski definition) is 2. The van der Waals surface area contributed by atoms with Crippen LogP contribution in [-0.4, -0.2) is 196 Å². The maximum atomic E-state index is 13.5. The minimum Gasteiger partial charge on any atom is -0.661 e. The van der Waals surface area contributed by atoms with Gasteiger partial charge in [-0.15, -0.1) is 11.6 Å². The zero-order chi connectivity index (χ0) is 52.0. The molecule has 0 bridgehead atoms. The Morgan fingerprint density at radius 1 is 0.905 bits per heavy atom. The van der Waals surface area contributed by atoms with E-state index in [2.05, 4.69) is 52.6 Å². The third-order valence-corrected chi connectivity index (χ3v) is 12.0. The number of esters is 1. The minimum absolute atomic E-state index is 0. The van der Waals surface area contributed by atoms with Gasteiger partial charge in [-0.05, 0) is 58.2 Å². The van der Waals surface area contributed by atoms with Crippen molar-refractivity contribution in [2.75, 3.05) is 152 Å². The number of likely N-dealkylation sites (tertiary alicyclic amines) is 1. The molecule has 3 unspecified atom stereocenters. The Morgan fingerprint density at radius 2 is 1.55 bits per heavy atom. The van der Waals surface area contributed by atoms with E-state index < -0.39 is 29.2 Å². The van der Waals surface area contributed by atoms with Crippen LogP contribution in [0.2, 0.25) is 0 Å². The number of carbonyl (C=O) groups excluding carboxylic acids is 1. The molecule has 3 fully saturated rings. The van der Waals surface area contributed by atoms with E-state index in [0.717, 1.165) is 84.5 Å². The Hall–Kier alpha value is -2.03. The molecule has 3 aliphatic heterocycles. The molecule has 1 spiro atoms. The van der Waals surface area contributed by atoms with Gasteiger partial charge in [0.1, 0.15) is 17.7 Å². The molecule has 4 heterocycles. The third kappa shape index (κ3) is 29.6. The molecule has 3 aliphatic rings. The Labute approximate surface area is 467 Å². The minimum atomic E-state index is -1.29. The average molecular weight is 1170 g/mol. The van der Waals surface area contributed by atoms with Crippen LogP contribution in [0.5, 0.6) is 5.75 Å². The number of benzene rings is 1. The maximum Gasteiger partial charge on any atom is 0.313 e. The van der Waals surface area contributed by atoms with Gasteiger partial charge in [-0.3, -0.25) is 10.2 Å². The van der Waals surface area contributed by atoms with E-state index in [4.69, 9.17) is 54.4 Å². The molecule has 0 amide bonds. The van der Waals surface area contributed by atoms with Crippen LogP contribution < -0.4 is 15.5 Å². The van der Waals surface area contributed by atoms with Gasteiger partial charge in [0.2, 0.25) is 5.75 Å². The number of hydrazone groups is 1. The molecule has 2 aromatic rings. The number of rotatable bonds is 40. The summed E-state index contributed by atoms with van der Waals surface area (Å²) in [5.74, 6) is -5.49. The van der Waals surface area contributed by atoms with Crippen LogP contribution in [-0.2, 0) is 93.3 Å². The first-order chi connectivity index (χ1) is 35.7. The molecule has 1 aromatic heterocycles. The number of unbranched alkanes of at least 4 members (excludes halogenated alkanes) is 2. The summed E-state index contributed by atoms with van der Waals surface area (Å²) < 4.78 is 96.6. The van der Waals surface area contributed by atoms with Crippen LogP contribution in [0.3, 0.4) is 0 Å². The van der Waals surface area contributed by atoms with E-state index in [1.165, 1.54) is 32.1 Å². The molecular weight excluding hydrogens is 1090 g/mol. The van der Waals surface area contributed by atoms with Crippen molar-refractivity contribution >= 4 is 32.5 Å². The number of carbonyl (C=O) groups is 1. The Morgan fingerprint density at radius 3 is 2.22 bits per heavy atom. The van der Waals surface area contributed by atoms with Crippen LogP contribution in [0.25, 0.3) is 10.2 Å². The number of nitrogens with zero attached hydrogens (tertiary/aromatic N) is 7. The van der Waals surface area contributed by atoms with E-state index >= 15 is 0 Å². The van der Waals surface area contributed by atoms with Crippen LogP contribution >= 0.6 is 20.4 Å². The zero-order valence-corrected chi connectivity index (χ0v) is 47.8. The molecule has 3 saturated heterocycles. The third-order valence-electron chi connectivity index (χ3n) is 11.4. The molecule has 0 saturated carbocycles. The molecule has 1 aromatic carbocycles. The van der Waals surface area contributed by atoms with Gasteiger partial charge in [-0.2, -0.15) is 18.3 Å². The van der Waals surface area contributed by atoms with Crippen molar-refractivity contribution in [2.24, 2.45) is 10.5 Å². The van der Waals surface area contributed by atoms with Gasteiger partial charge in [0.05, 0.1) is 118 Å². The van der Waals surface area contributed by atoms with Crippen molar-refractivity contribution in [3.05, 3.63) is 63.4 Å². The topological polar surface area (TPSA) is 208 Å². The Kier molecular flexibility index (Phi) is 37.6. The van der Waals surface area contributed by atoms with Crippen LogP contribution in [0.4, 0.5) is 13.2 Å². The fourth-order valence-corrected chi connectivity index (χ4v) is 8.15. The monoisotopic (exact) mass is 1170 g/mol. The van der Waals surface area contributed by atoms with Crippen molar-refractivity contribution in [3.8, 4) is 5.75 Å². The molecule has 26 heteroatoms. The van der Waals surface area contributed by atoms with Crippen LogP contribution in [0, 0.1) is 22.9 Å². The molecule has 1 radical (unpaired) electrons. The molecule has 5 rings (SSSR count). The number of aromatic nitrogens is 3. The largest absolute Gasteiger partial charge is 0.661 e. The zero-order valence-electron chi connectivity index (χ0n) is 43.2. The second-order valence-electron chi connectivity index (χ2n) is 17.5. The van der Waals surface area contributed by atoms with E-state index in [1.807, 2.05) is 6.20 Å². The standard InChI is InChI=1S/C36H56F3N5O9.C12H22ClN4O2P.Y/c37-30-23-32(38)35(33(39)24-30)53-34(45)5-12-48-16-15-47-11-3-1-2-10-46-14-9-44-25-31(41-42-44)26-52-22-21-51-20-19-50-18-17-49-13-8-43-7-4-6-36(29-43)27-40-28-36;1-14-5-10(6-15-13)7-16-17-12-4-3-11(19-12)8-18-9-20-2;/h23-25,40H,1-22,26-29H2;6-7,11-12,17,20H,3-5,8-9H2,1-2H3;/q;-2;/b;10-6+,16-7-;. The summed E-state index contributed by atoms with van der Waals surface area (Å²) in [5.41, 5.74) is 5.08. The average Bonchev–Trinajstić information content (AvgIpc) is 4.03. The van der Waals surface area contributed by atoms with E-state index in [1.54, 1.807) is 17.9 Å². The summed E-state index contributed by atoms with van der Waals surface area (Å²) in [4.78, 5) is 17.7. The second-order valence-corrected chi connectivity index (χ2v) is 18.7. The molecule has 3 atom stereocenters. The normalized spacial score (nSPS) is 17.7. The summed E-state index contributed by atoms with van der Waals surface area (Å²) in [5, 5.41) is 19.8. The quantitative estimate of drug-likeness (QED) is 0.0198. The molecule has 74 heavy (non-hydrogen) atoms. The van der Waals surface area contributed by atoms with Gasteiger partial charge in [-0.1, -0.05) is 19.4 Å². The van der Waals surface area contributed by atoms with Gasteiger partial charge < -0.3 is 67.7 Å². The molecular formula is C48H78ClF3N9O11PY-2.